The molecule has 0 saturated heterocycles. The zero-order valence-electron chi connectivity index (χ0n) is 31.0. The molecule has 0 spiro atoms. The number of nitrogens with one attached hydrogen (secondary N) is 1. The normalized spacial score (nSPS) is 15.5. The third-order valence-corrected chi connectivity index (χ3v) is 10.2. The molecule has 3 aromatic heterocycles. The fourth-order valence-electron chi connectivity index (χ4n) is 7.22. The number of allylic oxidation sites excluding steroid dienone is 2. The van der Waals surface area contributed by atoms with E-state index in [0.717, 1.165) is 52.9 Å². The summed E-state index contributed by atoms with van der Waals surface area (Å²) in [6, 6.07) is 5.68. The Morgan fingerprint density at radius 1 is 0.981 bits per heavy atom. The largest absolute Gasteiger partial charge is 2.00 e. The van der Waals surface area contributed by atoms with Crippen molar-refractivity contribution < 1.29 is 41.7 Å². The van der Waals surface area contributed by atoms with Gasteiger partial charge in [0.15, 0.2) is 0 Å². The van der Waals surface area contributed by atoms with Gasteiger partial charge in [0.2, 0.25) is 5.91 Å². The van der Waals surface area contributed by atoms with Gasteiger partial charge < -0.3 is 30.4 Å². The van der Waals surface area contributed by atoms with Crippen LogP contribution >= 0.6 is 0 Å². The van der Waals surface area contributed by atoms with Crippen molar-refractivity contribution in [2.24, 2.45) is 0 Å². The summed E-state index contributed by atoms with van der Waals surface area (Å²) in [5, 5.41) is 23.3. The predicted octanol–water partition coefficient (Wildman–Crippen LogP) is 6.62. The van der Waals surface area contributed by atoms with E-state index in [1.165, 1.54) is 0 Å². The van der Waals surface area contributed by atoms with Crippen molar-refractivity contribution >= 4 is 57.1 Å². The summed E-state index contributed by atoms with van der Waals surface area (Å²) in [6.45, 7) is 15.2. The van der Waals surface area contributed by atoms with Gasteiger partial charge in [-0.3, -0.25) is 14.6 Å². The zero-order valence-corrected chi connectivity index (χ0v) is 31.9. The Hall–Kier alpha value is -4.51. The Bertz CT molecular complexity index is 2090. The Kier molecular flexibility index (Phi) is 13.1. The number of aromatic carboxylic acids is 1. The van der Waals surface area contributed by atoms with Crippen LogP contribution in [-0.2, 0) is 33.1 Å². The number of hydrogen-bond donors (Lipinski definition) is 3. The molecule has 1 radical (unpaired) electrons. The first-order chi connectivity index (χ1) is 24.2. The number of fused-ring (bicyclic) bond motifs is 8. The van der Waals surface area contributed by atoms with Gasteiger partial charge >= 0.3 is 29.0 Å². The number of hydrogen-bond acceptors (Lipinski definition) is 6. The molecule has 12 heteroatoms. The molecule has 279 valence electrons. The Balaban J connectivity index is 0.00000605. The summed E-state index contributed by atoms with van der Waals surface area (Å²) in [4.78, 5) is 60.6. The molecule has 3 aromatic rings. The van der Waals surface area contributed by atoms with E-state index in [1.807, 2.05) is 53.1 Å². The van der Waals surface area contributed by atoms with E-state index in [0.29, 0.717) is 52.2 Å². The van der Waals surface area contributed by atoms with Crippen LogP contribution in [0, 0.1) is 13.8 Å². The van der Waals surface area contributed by atoms with E-state index in [9.17, 15) is 24.6 Å². The van der Waals surface area contributed by atoms with Crippen LogP contribution in [0.1, 0.15) is 120 Å². The third-order valence-electron chi connectivity index (χ3n) is 10.2. The van der Waals surface area contributed by atoms with E-state index < -0.39 is 17.9 Å². The van der Waals surface area contributed by atoms with E-state index in [4.69, 9.17) is 19.9 Å². The topological polar surface area (TPSA) is 161 Å². The molecule has 0 saturated carbocycles. The monoisotopic (exact) mass is 755 g/mol. The molecule has 5 heterocycles. The van der Waals surface area contributed by atoms with Gasteiger partial charge in [-0.05, 0) is 89.4 Å². The number of carbonyl (C=O) groups excluding carboxylic acids is 1. The molecule has 11 nitrogen and oxygen atoms in total. The molecule has 52 heavy (non-hydrogen) atoms. The minimum absolute atomic E-state index is 0. The van der Waals surface area contributed by atoms with Crippen LogP contribution in [-0.4, -0.2) is 70.1 Å². The molecule has 8 bridgehead atoms. The summed E-state index contributed by atoms with van der Waals surface area (Å²) in [5.41, 5.74) is 9.27. The summed E-state index contributed by atoms with van der Waals surface area (Å²) < 4.78 is 0. The minimum Gasteiger partial charge on any atom is -0.657 e. The Labute approximate surface area is 315 Å². The number of nitrogens with zero attached hydrogens (tertiary/aromatic N) is 5. The van der Waals surface area contributed by atoms with Crippen molar-refractivity contribution in [1.82, 2.24) is 30.2 Å². The molecule has 2 atom stereocenters. The molecule has 2 aliphatic heterocycles. The van der Waals surface area contributed by atoms with Crippen molar-refractivity contribution in [3.63, 3.8) is 0 Å². The first-order valence-corrected chi connectivity index (χ1v) is 17.6. The molecule has 0 aliphatic carbocycles. The number of rotatable bonds is 13. The fraction of sp³-hybridized carbons (Fsp3) is 0.425. The van der Waals surface area contributed by atoms with E-state index >= 15 is 0 Å². The van der Waals surface area contributed by atoms with E-state index in [1.54, 1.807) is 13.0 Å². The van der Waals surface area contributed by atoms with E-state index in [-0.39, 0.29) is 59.2 Å². The molecule has 0 aromatic carbocycles. The summed E-state index contributed by atoms with van der Waals surface area (Å²) >= 11 is 0. The molecule has 3 N–H and O–H groups in total. The van der Waals surface area contributed by atoms with Crippen LogP contribution in [0.15, 0.2) is 24.8 Å². The summed E-state index contributed by atoms with van der Waals surface area (Å²) in [6.07, 6.45) is 4.12. The number of amides is 1. The number of unbranched alkanes of at least 4 members (excludes halogenated alkanes) is 1. The standard InChI is InChI=1S/C40H50N6O5.Cu/c1-9-25-21(3)29-18-31-23(5)27(13-14-36(48)49)38(44-31)28(17-35(47)41-15-11-12-16-46(7)8)39-37(40(50)51)24(6)32(45-39)20-34-26(10-2)22(4)30(43-34)19-33(25)42-29;/h9,18-20,23,27H,1,10-17H2,2-8H3,(H5,41,42,43,44,45,47,48,49,50,51);/q;+2/p-2. The van der Waals surface area contributed by atoms with Crippen LogP contribution in [0.25, 0.3) is 39.3 Å². The quantitative estimate of drug-likeness (QED) is 0.128. The van der Waals surface area contributed by atoms with Crippen molar-refractivity contribution in [1.29, 1.82) is 0 Å². The zero-order chi connectivity index (χ0) is 37.1. The summed E-state index contributed by atoms with van der Waals surface area (Å²) in [7, 11) is 4.00. The van der Waals surface area contributed by atoms with Crippen LogP contribution in [0.5, 0.6) is 0 Å². The second-order valence-corrected chi connectivity index (χ2v) is 13.8. The Morgan fingerprint density at radius 3 is 2.31 bits per heavy atom. The second kappa shape index (κ2) is 16.9. The minimum atomic E-state index is -1.17. The van der Waals surface area contributed by atoms with Crippen LogP contribution in [0.2, 0.25) is 0 Å². The van der Waals surface area contributed by atoms with Gasteiger partial charge in [-0.2, -0.15) is 0 Å². The van der Waals surface area contributed by atoms with Gasteiger partial charge in [0, 0.05) is 41.8 Å². The fourth-order valence-corrected chi connectivity index (χ4v) is 7.22. The molecular weight excluding hydrogens is 708 g/mol. The first-order valence-electron chi connectivity index (χ1n) is 17.6. The molecule has 1 amide bonds. The van der Waals surface area contributed by atoms with E-state index in [2.05, 4.69) is 23.7 Å². The smallest absolute Gasteiger partial charge is 0.657 e. The number of carboxylic acid groups (broad SMARTS) is 2. The van der Waals surface area contributed by atoms with Crippen molar-refractivity contribution in [2.45, 2.75) is 85.0 Å². The number of aliphatic carboxylic acids is 1. The van der Waals surface area contributed by atoms with Gasteiger partial charge in [-0.1, -0.05) is 55.8 Å². The number of aryl methyl sites for hydroxylation is 2. The summed E-state index contributed by atoms with van der Waals surface area (Å²) in [5.74, 6) is -3.07. The van der Waals surface area contributed by atoms with Crippen molar-refractivity contribution in [2.75, 3.05) is 27.2 Å². The molecule has 2 aliphatic rings. The van der Waals surface area contributed by atoms with Crippen molar-refractivity contribution in [3.05, 3.63) is 75.4 Å². The predicted molar refractivity (Wildman–Crippen MR) is 201 cm³/mol. The molecule has 2 unspecified atom stereocenters. The van der Waals surface area contributed by atoms with Gasteiger partial charge in [0.1, 0.15) is 0 Å². The molecule has 5 rings (SSSR count). The maximum absolute atomic E-state index is 13.7. The van der Waals surface area contributed by atoms with Crippen molar-refractivity contribution in [3.8, 4) is 0 Å². The number of carbonyl (C=O) groups is 3. The molecular formula is C40H48CuN6O5. The number of carboxylic acids is 2. The van der Waals surface area contributed by atoms with Gasteiger partial charge in [0.05, 0.1) is 17.8 Å². The van der Waals surface area contributed by atoms with Gasteiger partial charge in [0.25, 0.3) is 0 Å². The van der Waals surface area contributed by atoms with Gasteiger partial charge in [-0.25, -0.2) is 9.78 Å². The average Bonchev–Trinajstić information content (AvgIpc) is 3.75. The number of aromatic nitrogens is 4. The maximum atomic E-state index is 13.7. The Morgan fingerprint density at radius 2 is 1.67 bits per heavy atom. The average molecular weight is 756 g/mol. The van der Waals surface area contributed by atoms with Crippen LogP contribution in [0.3, 0.4) is 0 Å². The van der Waals surface area contributed by atoms with Crippen LogP contribution in [0.4, 0.5) is 0 Å². The van der Waals surface area contributed by atoms with Crippen LogP contribution < -0.4 is 15.3 Å². The second-order valence-electron chi connectivity index (χ2n) is 13.8. The first kappa shape index (κ1) is 40.3. The maximum Gasteiger partial charge on any atom is 2.00 e. The molecule has 0 fully saturated rings. The SMILES string of the molecule is C=Cc1c(C)c2cc3nc(c(CC(=O)NCCCCN(C)C)c4[n-]c(cc5nc(cc1[n-]2)C(C)=C5CC)c(C)c4C(=O)O)C(CCC(=O)O)C3C.[Cu+2]. The van der Waals surface area contributed by atoms with Gasteiger partial charge in [-0.15, -0.1) is 22.1 Å². The third kappa shape index (κ3) is 8.25.